The van der Waals surface area contributed by atoms with Crippen molar-refractivity contribution in [2.75, 3.05) is 38.2 Å². The number of amides is 1. The average Bonchev–Trinajstić information content (AvgIpc) is 3.17. The van der Waals surface area contributed by atoms with Crippen LogP contribution in [-0.4, -0.2) is 61.7 Å². The largest absolute Gasteiger partial charge is 0.341 e. The minimum Gasteiger partial charge on any atom is -0.341 e. The van der Waals surface area contributed by atoms with Gasteiger partial charge in [-0.1, -0.05) is 32.1 Å². The van der Waals surface area contributed by atoms with Gasteiger partial charge in [-0.25, -0.2) is 8.42 Å². The molecule has 2 aliphatic rings. The van der Waals surface area contributed by atoms with Gasteiger partial charge in [-0.3, -0.25) is 4.79 Å². The van der Waals surface area contributed by atoms with Crippen molar-refractivity contribution in [2.24, 2.45) is 5.92 Å². The Labute approximate surface area is 165 Å². The normalized spacial score (nSPS) is 20.2. The van der Waals surface area contributed by atoms with Crippen molar-refractivity contribution < 1.29 is 13.2 Å². The highest BCUT2D eigenvalue weighted by Gasteiger charge is 2.32. The number of nitrogens with zero attached hydrogens (tertiary/aromatic N) is 2. The number of thioether (sulfide) groups is 1. The summed E-state index contributed by atoms with van der Waals surface area (Å²) < 4.78 is 27.4. The monoisotopic (exact) mass is 416 g/mol. The zero-order valence-corrected chi connectivity index (χ0v) is 17.8. The van der Waals surface area contributed by atoms with Crippen molar-refractivity contribution in [2.45, 2.75) is 43.4 Å². The fourth-order valence-corrected chi connectivity index (χ4v) is 7.67. The molecule has 0 atom stereocenters. The van der Waals surface area contributed by atoms with Gasteiger partial charge in [-0.2, -0.15) is 16.1 Å². The maximum Gasteiger partial charge on any atom is 0.265 e. The summed E-state index contributed by atoms with van der Waals surface area (Å²) in [6.07, 6.45) is 7.45. The van der Waals surface area contributed by atoms with E-state index >= 15 is 0 Å². The van der Waals surface area contributed by atoms with Crippen molar-refractivity contribution >= 4 is 39.0 Å². The van der Waals surface area contributed by atoms with Gasteiger partial charge in [0, 0.05) is 38.2 Å². The van der Waals surface area contributed by atoms with Crippen LogP contribution in [0.5, 0.6) is 0 Å². The van der Waals surface area contributed by atoms with Crippen LogP contribution in [-0.2, 0) is 10.0 Å². The molecule has 146 valence electrons. The molecule has 5 nitrogen and oxygen atoms in total. The lowest BCUT2D eigenvalue weighted by Crippen LogP contribution is -2.38. The SMILES string of the molecule is CN(CCC1CCCCC1)C(=O)c1sccc1S(=O)(=O)N1CCSCC1. The summed E-state index contributed by atoms with van der Waals surface area (Å²) in [6.45, 7) is 1.74. The summed E-state index contributed by atoms with van der Waals surface area (Å²) in [5.41, 5.74) is 0. The van der Waals surface area contributed by atoms with Gasteiger partial charge in [0.05, 0.1) is 0 Å². The first-order chi connectivity index (χ1) is 12.5. The number of hydrogen-bond acceptors (Lipinski definition) is 5. The molecule has 1 aromatic rings. The number of thiophene rings is 1. The highest BCUT2D eigenvalue weighted by atomic mass is 32.2. The summed E-state index contributed by atoms with van der Waals surface area (Å²) in [5, 5.41) is 1.72. The molecular formula is C18H28N2O3S3. The van der Waals surface area contributed by atoms with Crippen molar-refractivity contribution in [1.82, 2.24) is 9.21 Å². The molecule has 0 spiro atoms. The van der Waals surface area contributed by atoms with E-state index in [4.69, 9.17) is 0 Å². The molecule has 1 amide bonds. The van der Waals surface area contributed by atoms with Gasteiger partial charge in [0.15, 0.2) is 0 Å². The van der Waals surface area contributed by atoms with Gasteiger partial charge in [0.1, 0.15) is 9.77 Å². The van der Waals surface area contributed by atoms with E-state index in [0.29, 0.717) is 30.4 Å². The van der Waals surface area contributed by atoms with Crippen molar-refractivity contribution in [3.8, 4) is 0 Å². The Morgan fingerprint density at radius 1 is 1.23 bits per heavy atom. The average molecular weight is 417 g/mol. The maximum absolute atomic E-state index is 13.0. The zero-order chi connectivity index (χ0) is 18.6. The fraction of sp³-hybridized carbons (Fsp3) is 0.722. The number of rotatable bonds is 6. The summed E-state index contributed by atoms with van der Waals surface area (Å²) >= 11 is 3.00. The first-order valence-electron chi connectivity index (χ1n) is 9.41. The molecule has 1 saturated heterocycles. The molecule has 1 aliphatic carbocycles. The minimum atomic E-state index is -3.58. The fourth-order valence-electron chi connectivity index (χ4n) is 3.71. The highest BCUT2D eigenvalue weighted by Crippen LogP contribution is 2.29. The van der Waals surface area contributed by atoms with Crippen LogP contribution in [0.4, 0.5) is 0 Å². The quantitative estimate of drug-likeness (QED) is 0.712. The van der Waals surface area contributed by atoms with Crippen LogP contribution in [0.3, 0.4) is 0 Å². The Morgan fingerprint density at radius 2 is 1.92 bits per heavy atom. The van der Waals surface area contributed by atoms with E-state index in [2.05, 4.69) is 0 Å². The lowest BCUT2D eigenvalue weighted by atomic mass is 9.87. The van der Waals surface area contributed by atoms with E-state index in [1.807, 2.05) is 0 Å². The minimum absolute atomic E-state index is 0.166. The third-order valence-electron chi connectivity index (χ3n) is 5.36. The Balaban J connectivity index is 1.67. The van der Waals surface area contributed by atoms with Gasteiger partial charge in [-0.15, -0.1) is 11.3 Å². The van der Waals surface area contributed by atoms with E-state index in [1.165, 1.54) is 47.7 Å². The van der Waals surface area contributed by atoms with Crippen LogP contribution >= 0.6 is 23.1 Å². The van der Waals surface area contributed by atoms with Gasteiger partial charge in [0.25, 0.3) is 5.91 Å². The second kappa shape index (κ2) is 9.08. The Bertz CT molecular complexity index is 705. The molecule has 0 N–H and O–H groups in total. The van der Waals surface area contributed by atoms with Crippen LogP contribution in [0, 0.1) is 5.92 Å². The molecule has 2 fully saturated rings. The second-order valence-corrected chi connectivity index (χ2v) is 11.2. The smallest absolute Gasteiger partial charge is 0.265 e. The molecule has 0 bridgehead atoms. The lowest BCUT2D eigenvalue weighted by molar-refractivity contribution is 0.0785. The molecule has 1 aromatic heterocycles. The number of sulfonamides is 1. The van der Waals surface area contributed by atoms with E-state index < -0.39 is 10.0 Å². The number of carbonyl (C=O) groups excluding carboxylic acids is 1. The summed E-state index contributed by atoms with van der Waals surface area (Å²) in [6, 6.07) is 1.59. The van der Waals surface area contributed by atoms with E-state index in [1.54, 1.807) is 35.2 Å². The molecule has 0 aromatic carbocycles. The van der Waals surface area contributed by atoms with E-state index in [9.17, 15) is 13.2 Å². The van der Waals surface area contributed by atoms with Gasteiger partial charge in [0.2, 0.25) is 10.0 Å². The molecule has 0 unspecified atom stereocenters. The Hall–Kier alpha value is -0.570. The van der Waals surface area contributed by atoms with Crippen molar-refractivity contribution in [3.05, 3.63) is 16.3 Å². The highest BCUT2D eigenvalue weighted by molar-refractivity contribution is 7.99. The molecular weight excluding hydrogens is 388 g/mol. The number of hydrogen-bond donors (Lipinski definition) is 0. The van der Waals surface area contributed by atoms with E-state index in [-0.39, 0.29) is 10.8 Å². The summed E-state index contributed by atoms with van der Waals surface area (Å²) in [4.78, 5) is 15.1. The zero-order valence-electron chi connectivity index (χ0n) is 15.4. The third-order valence-corrected chi connectivity index (χ3v) is 9.27. The van der Waals surface area contributed by atoms with Gasteiger partial charge in [-0.05, 0) is 23.8 Å². The molecule has 3 rings (SSSR count). The molecule has 1 saturated carbocycles. The molecule has 1 aliphatic heterocycles. The van der Waals surface area contributed by atoms with Gasteiger partial charge < -0.3 is 4.90 Å². The molecule has 8 heteroatoms. The standard InChI is InChI=1S/C18H28N2O3S3/c1-19(9-7-15-5-3-2-4-6-15)18(21)17-16(8-12-25-17)26(22,23)20-10-13-24-14-11-20/h8,12,15H,2-7,9-11,13-14H2,1H3. The lowest BCUT2D eigenvalue weighted by Gasteiger charge is -2.26. The topological polar surface area (TPSA) is 57.7 Å². The van der Waals surface area contributed by atoms with Gasteiger partial charge >= 0.3 is 0 Å². The number of carbonyl (C=O) groups is 1. The van der Waals surface area contributed by atoms with Crippen LogP contribution in [0.25, 0.3) is 0 Å². The third kappa shape index (κ3) is 4.64. The second-order valence-electron chi connectivity index (χ2n) is 7.15. The summed E-state index contributed by atoms with van der Waals surface area (Å²) in [5.74, 6) is 2.17. The molecule has 2 heterocycles. The Kier molecular flexibility index (Phi) is 7.05. The molecule has 26 heavy (non-hydrogen) atoms. The van der Waals surface area contributed by atoms with Crippen molar-refractivity contribution in [1.29, 1.82) is 0 Å². The maximum atomic E-state index is 13.0. The van der Waals surface area contributed by atoms with Crippen LogP contribution in [0.15, 0.2) is 16.3 Å². The van der Waals surface area contributed by atoms with Crippen LogP contribution in [0.1, 0.15) is 48.2 Å². The van der Waals surface area contributed by atoms with Crippen LogP contribution in [0.2, 0.25) is 0 Å². The van der Waals surface area contributed by atoms with Crippen molar-refractivity contribution in [3.63, 3.8) is 0 Å². The predicted octanol–water partition coefficient (Wildman–Crippen LogP) is 3.53. The van der Waals surface area contributed by atoms with E-state index in [0.717, 1.165) is 17.9 Å². The Morgan fingerprint density at radius 3 is 2.62 bits per heavy atom. The first kappa shape index (κ1) is 20.2. The predicted molar refractivity (Wildman–Crippen MR) is 109 cm³/mol. The first-order valence-corrected chi connectivity index (χ1v) is 12.9. The summed E-state index contributed by atoms with van der Waals surface area (Å²) in [7, 11) is -1.79. The van der Waals surface area contributed by atoms with Crippen LogP contribution < -0.4 is 0 Å². The molecule has 0 radical (unpaired) electrons.